The van der Waals surface area contributed by atoms with Crippen molar-refractivity contribution in [2.45, 2.75) is 25.8 Å². The van der Waals surface area contributed by atoms with Crippen LogP contribution in [-0.4, -0.2) is 6.04 Å². The molecule has 0 saturated heterocycles. The molecule has 0 aromatic carbocycles. The molecule has 0 spiro atoms. The number of thiophene rings is 1. The maximum atomic E-state index is 5.42. The summed E-state index contributed by atoms with van der Waals surface area (Å²) < 4.78 is 0. The standard InChI is InChI=1S/C10H14N2S/c1-2-3-5-9(12-11)8-10-6-4-7-13-10/h4,6-7,9,12H,5,8,11H2,1H3. The van der Waals surface area contributed by atoms with Crippen molar-refractivity contribution in [1.29, 1.82) is 0 Å². The van der Waals surface area contributed by atoms with Crippen LogP contribution in [0.1, 0.15) is 18.2 Å². The van der Waals surface area contributed by atoms with E-state index in [2.05, 4.69) is 34.8 Å². The van der Waals surface area contributed by atoms with E-state index >= 15 is 0 Å². The summed E-state index contributed by atoms with van der Waals surface area (Å²) in [6.45, 7) is 1.85. The van der Waals surface area contributed by atoms with Gasteiger partial charge in [0.1, 0.15) is 0 Å². The van der Waals surface area contributed by atoms with Crippen LogP contribution in [0, 0.1) is 11.8 Å². The Morgan fingerprint density at radius 3 is 3.08 bits per heavy atom. The highest BCUT2D eigenvalue weighted by molar-refractivity contribution is 7.09. The van der Waals surface area contributed by atoms with Crippen LogP contribution in [-0.2, 0) is 6.42 Å². The monoisotopic (exact) mass is 194 g/mol. The molecule has 1 atom stereocenters. The first kappa shape index (κ1) is 10.3. The SMILES string of the molecule is CC#CCC(Cc1cccs1)NN. The maximum Gasteiger partial charge on any atom is 0.0368 e. The van der Waals surface area contributed by atoms with Crippen molar-refractivity contribution in [3.63, 3.8) is 0 Å². The van der Waals surface area contributed by atoms with Crippen molar-refractivity contribution in [1.82, 2.24) is 5.43 Å². The number of nitrogens with one attached hydrogen (secondary N) is 1. The smallest absolute Gasteiger partial charge is 0.0368 e. The van der Waals surface area contributed by atoms with Crippen LogP contribution in [0.25, 0.3) is 0 Å². The van der Waals surface area contributed by atoms with Crippen LogP contribution >= 0.6 is 11.3 Å². The molecule has 1 rings (SSSR count). The van der Waals surface area contributed by atoms with Gasteiger partial charge in [-0.2, -0.15) is 0 Å². The Hall–Kier alpha value is -0.820. The van der Waals surface area contributed by atoms with Crippen LogP contribution in [0.3, 0.4) is 0 Å². The lowest BCUT2D eigenvalue weighted by Gasteiger charge is -2.10. The minimum atomic E-state index is 0.270. The van der Waals surface area contributed by atoms with E-state index in [0.717, 1.165) is 12.8 Å². The van der Waals surface area contributed by atoms with Crippen molar-refractivity contribution in [3.8, 4) is 11.8 Å². The summed E-state index contributed by atoms with van der Waals surface area (Å²) in [5, 5.41) is 2.08. The predicted octanol–water partition coefficient (Wildman–Crippen LogP) is 1.54. The summed E-state index contributed by atoms with van der Waals surface area (Å²) >= 11 is 1.76. The first-order chi connectivity index (χ1) is 6.36. The van der Waals surface area contributed by atoms with Gasteiger partial charge in [-0.15, -0.1) is 23.2 Å². The summed E-state index contributed by atoms with van der Waals surface area (Å²) in [6.07, 6.45) is 1.77. The Kier molecular flexibility index (Phi) is 4.55. The zero-order valence-corrected chi connectivity index (χ0v) is 8.53. The second-order valence-corrected chi connectivity index (χ2v) is 3.81. The summed E-state index contributed by atoms with van der Waals surface area (Å²) in [7, 11) is 0. The molecule has 0 fully saturated rings. The topological polar surface area (TPSA) is 38.0 Å². The van der Waals surface area contributed by atoms with Gasteiger partial charge >= 0.3 is 0 Å². The Balaban J connectivity index is 2.43. The molecule has 1 unspecified atom stereocenters. The van der Waals surface area contributed by atoms with E-state index in [4.69, 9.17) is 5.84 Å². The lowest BCUT2D eigenvalue weighted by Crippen LogP contribution is -2.36. The number of nitrogens with two attached hydrogens (primary N) is 1. The predicted molar refractivity (Wildman–Crippen MR) is 57.2 cm³/mol. The zero-order chi connectivity index (χ0) is 9.52. The largest absolute Gasteiger partial charge is 0.271 e. The summed E-state index contributed by atoms with van der Waals surface area (Å²) in [4.78, 5) is 1.35. The van der Waals surface area contributed by atoms with E-state index in [1.54, 1.807) is 11.3 Å². The van der Waals surface area contributed by atoms with Crippen molar-refractivity contribution >= 4 is 11.3 Å². The number of hydrazine groups is 1. The highest BCUT2D eigenvalue weighted by Gasteiger charge is 2.05. The quantitative estimate of drug-likeness (QED) is 0.433. The number of rotatable bonds is 4. The summed E-state index contributed by atoms with van der Waals surface area (Å²) in [5.74, 6) is 11.3. The van der Waals surface area contributed by atoms with E-state index in [1.165, 1.54) is 4.88 Å². The Labute approximate surface area is 83.1 Å². The first-order valence-corrected chi connectivity index (χ1v) is 5.13. The van der Waals surface area contributed by atoms with Gasteiger partial charge in [0.25, 0.3) is 0 Å². The number of hydrogen-bond acceptors (Lipinski definition) is 3. The average Bonchev–Trinajstić information content (AvgIpc) is 2.64. The third-order valence-electron chi connectivity index (χ3n) is 1.79. The normalized spacial score (nSPS) is 11.8. The molecule has 0 aliphatic heterocycles. The molecule has 0 aliphatic carbocycles. The molecule has 3 heteroatoms. The summed E-state index contributed by atoms with van der Waals surface area (Å²) in [5.41, 5.74) is 2.78. The molecule has 2 nitrogen and oxygen atoms in total. The van der Waals surface area contributed by atoms with Gasteiger partial charge in [0.2, 0.25) is 0 Å². The van der Waals surface area contributed by atoms with E-state index in [9.17, 15) is 0 Å². The minimum Gasteiger partial charge on any atom is -0.271 e. The van der Waals surface area contributed by atoms with Crippen LogP contribution in [0.2, 0.25) is 0 Å². The average molecular weight is 194 g/mol. The minimum absolute atomic E-state index is 0.270. The Bertz CT molecular complexity index is 282. The highest BCUT2D eigenvalue weighted by Crippen LogP contribution is 2.11. The van der Waals surface area contributed by atoms with Gasteiger partial charge in [0.05, 0.1) is 0 Å². The fraction of sp³-hybridized carbons (Fsp3) is 0.400. The molecular weight excluding hydrogens is 180 g/mol. The molecule has 0 aliphatic rings. The third kappa shape index (κ3) is 3.60. The Morgan fingerprint density at radius 2 is 2.54 bits per heavy atom. The van der Waals surface area contributed by atoms with Crippen LogP contribution in [0.15, 0.2) is 17.5 Å². The molecule has 0 amide bonds. The first-order valence-electron chi connectivity index (χ1n) is 4.25. The van der Waals surface area contributed by atoms with Gasteiger partial charge in [0.15, 0.2) is 0 Å². The van der Waals surface area contributed by atoms with Gasteiger partial charge in [-0.05, 0) is 24.8 Å². The van der Waals surface area contributed by atoms with Crippen molar-refractivity contribution in [2.24, 2.45) is 5.84 Å². The summed E-state index contributed by atoms with van der Waals surface area (Å²) in [6, 6.07) is 4.44. The van der Waals surface area contributed by atoms with Crippen LogP contribution in [0.4, 0.5) is 0 Å². The van der Waals surface area contributed by atoms with Crippen molar-refractivity contribution < 1.29 is 0 Å². The van der Waals surface area contributed by atoms with E-state index in [0.29, 0.717) is 0 Å². The zero-order valence-electron chi connectivity index (χ0n) is 7.71. The lowest BCUT2D eigenvalue weighted by atomic mass is 10.1. The second-order valence-electron chi connectivity index (χ2n) is 2.78. The molecule has 0 saturated carbocycles. The molecule has 70 valence electrons. The molecule has 3 N–H and O–H groups in total. The molecule has 1 aromatic heterocycles. The Morgan fingerprint density at radius 1 is 1.69 bits per heavy atom. The van der Waals surface area contributed by atoms with Crippen molar-refractivity contribution in [3.05, 3.63) is 22.4 Å². The van der Waals surface area contributed by atoms with Crippen LogP contribution in [0.5, 0.6) is 0 Å². The molecule has 13 heavy (non-hydrogen) atoms. The molecular formula is C10H14N2S. The van der Waals surface area contributed by atoms with Gasteiger partial charge in [-0.1, -0.05) is 6.07 Å². The van der Waals surface area contributed by atoms with E-state index in [1.807, 2.05) is 6.92 Å². The fourth-order valence-corrected chi connectivity index (χ4v) is 1.87. The highest BCUT2D eigenvalue weighted by atomic mass is 32.1. The van der Waals surface area contributed by atoms with E-state index in [-0.39, 0.29) is 6.04 Å². The maximum absolute atomic E-state index is 5.42. The number of hydrogen-bond donors (Lipinski definition) is 2. The van der Waals surface area contributed by atoms with Gasteiger partial charge in [0, 0.05) is 17.3 Å². The second kappa shape index (κ2) is 5.76. The molecule has 1 heterocycles. The van der Waals surface area contributed by atoms with Gasteiger partial charge in [-0.3, -0.25) is 11.3 Å². The van der Waals surface area contributed by atoms with Crippen molar-refractivity contribution in [2.75, 3.05) is 0 Å². The van der Waals surface area contributed by atoms with Gasteiger partial charge in [-0.25, -0.2) is 0 Å². The molecule has 0 bridgehead atoms. The van der Waals surface area contributed by atoms with Crippen LogP contribution < -0.4 is 11.3 Å². The third-order valence-corrected chi connectivity index (χ3v) is 2.69. The lowest BCUT2D eigenvalue weighted by molar-refractivity contribution is 0.540. The fourth-order valence-electron chi connectivity index (χ4n) is 1.09. The molecule has 1 aromatic rings. The van der Waals surface area contributed by atoms with E-state index < -0.39 is 0 Å². The molecule has 0 radical (unpaired) electrons. The van der Waals surface area contributed by atoms with Gasteiger partial charge < -0.3 is 0 Å².